The van der Waals surface area contributed by atoms with E-state index in [9.17, 15) is 4.39 Å². The minimum atomic E-state index is -0.311. The zero-order valence-electron chi connectivity index (χ0n) is 11.2. The number of halogens is 1. The second-order valence-electron chi connectivity index (χ2n) is 5.06. The Labute approximate surface area is 117 Å². The summed E-state index contributed by atoms with van der Waals surface area (Å²) in [6, 6.07) is 9.47. The van der Waals surface area contributed by atoms with E-state index in [-0.39, 0.29) is 11.6 Å². The van der Waals surface area contributed by atoms with Crippen LogP contribution in [0.25, 0.3) is 0 Å². The van der Waals surface area contributed by atoms with Crippen LogP contribution in [0.1, 0.15) is 24.0 Å². The molecule has 0 bridgehead atoms. The van der Waals surface area contributed by atoms with E-state index in [1.807, 2.05) is 18.2 Å². The number of pyridine rings is 1. The third kappa shape index (κ3) is 3.54. The molecule has 1 aliphatic rings. The van der Waals surface area contributed by atoms with Gasteiger partial charge >= 0.3 is 0 Å². The Morgan fingerprint density at radius 3 is 2.65 bits per heavy atom. The van der Waals surface area contributed by atoms with E-state index in [4.69, 9.17) is 4.74 Å². The average molecular weight is 272 g/mol. The van der Waals surface area contributed by atoms with Crippen molar-refractivity contribution in [2.45, 2.75) is 32.0 Å². The largest absolute Gasteiger partial charge is 0.486 e. The Balaban J connectivity index is 1.58. The Kier molecular flexibility index (Phi) is 3.92. The molecular weight excluding hydrogens is 255 g/mol. The van der Waals surface area contributed by atoms with Crippen LogP contribution in [0, 0.1) is 5.82 Å². The zero-order chi connectivity index (χ0) is 13.8. The molecule has 20 heavy (non-hydrogen) atoms. The van der Waals surface area contributed by atoms with Gasteiger partial charge in [0.05, 0.1) is 0 Å². The van der Waals surface area contributed by atoms with Crippen LogP contribution in [0.5, 0.6) is 5.75 Å². The standard InChI is InChI=1S/C16H17FN2O/c17-15-9-13(10-19-14-2-3-14)1-4-16(15)20-11-12-5-7-18-8-6-12/h1,4-9,14,19H,2-3,10-11H2. The van der Waals surface area contributed by atoms with Crippen molar-refractivity contribution in [3.63, 3.8) is 0 Å². The molecule has 2 aromatic rings. The molecule has 0 unspecified atom stereocenters. The number of ether oxygens (including phenoxy) is 1. The van der Waals surface area contributed by atoms with Crippen molar-refractivity contribution in [3.05, 3.63) is 59.7 Å². The van der Waals surface area contributed by atoms with Crippen molar-refractivity contribution in [2.24, 2.45) is 0 Å². The van der Waals surface area contributed by atoms with E-state index in [0.29, 0.717) is 19.2 Å². The highest BCUT2D eigenvalue weighted by molar-refractivity contribution is 5.29. The maximum atomic E-state index is 13.9. The maximum absolute atomic E-state index is 13.9. The summed E-state index contributed by atoms with van der Waals surface area (Å²) in [5, 5.41) is 3.36. The lowest BCUT2D eigenvalue weighted by molar-refractivity contribution is 0.290. The summed E-state index contributed by atoms with van der Waals surface area (Å²) in [4.78, 5) is 3.93. The summed E-state index contributed by atoms with van der Waals surface area (Å²) < 4.78 is 19.4. The van der Waals surface area contributed by atoms with Crippen LogP contribution in [-0.2, 0) is 13.2 Å². The number of rotatable bonds is 6. The number of hydrogen-bond donors (Lipinski definition) is 1. The van der Waals surface area contributed by atoms with Crippen LogP contribution in [0.3, 0.4) is 0 Å². The minimum Gasteiger partial charge on any atom is -0.486 e. The van der Waals surface area contributed by atoms with Gasteiger partial charge in [-0.2, -0.15) is 0 Å². The minimum absolute atomic E-state index is 0.289. The van der Waals surface area contributed by atoms with E-state index in [1.165, 1.54) is 18.9 Å². The van der Waals surface area contributed by atoms with E-state index >= 15 is 0 Å². The van der Waals surface area contributed by atoms with Gasteiger partial charge in [0.1, 0.15) is 6.61 Å². The van der Waals surface area contributed by atoms with Crippen LogP contribution >= 0.6 is 0 Å². The number of hydrogen-bond acceptors (Lipinski definition) is 3. The maximum Gasteiger partial charge on any atom is 0.165 e. The third-order valence-electron chi connectivity index (χ3n) is 3.31. The van der Waals surface area contributed by atoms with Gasteiger partial charge in [-0.05, 0) is 48.2 Å². The number of nitrogens with zero attached hydrogens (tertiary/aromatic N) is 1. The first kappa shape index (κ1) is 13.1. The lowest BCUT2D eigenvalue weighted by Crippen LogP contribution is -2.15. The first-order chi connectivity index (χ1) is 9.81. The van der Waals surface area contributed by atoms with Gasteiger partial charge in [-0.25, -0.2) is 4.39 Å². The van der Waals surface area contributed by atoms with Crippen molar-refractivity contribution in [1.82, 2.24) is 10.3 Å². The van der Waals surface area contributed by atoms with Crippen LogP contribution < -0.4 is 10.1 Å². The molecule has 1 aromatic carbocycles. The highest BCUT2D eigenvalue weighted by Gasteiger charge is 2.20. The molecule has 0 saturated heterocycles. The molecule has 0 atom stereocenters. The molecule has 3 nitrogen and oxygen atoms in total. The van der Waals surface area contributed by atoms with Crippen molar-refractivity contribution < 1.29 is 9.13 Å². The van der Waals surface area contributed by atoms with E-state index in [1.54, 1.807) is 18.5 Å². The van der Waals surface area contributed by atoms with Gasteiger partial charge in [-0.15, -0.1) is 0 Å². The van der Waals surface area contributed by atoms with Gasteiger partial charge in [0, 0.05) is 25.0 Å². The molecule has 3 rings (SSSR count). The first-order valence-corrected chi connectivity index (χ1v) is 6.85. The average Bonchev–Trinajstić information content (AvgIpc) is 3.29. The molecule has 1 fully saturated rings. The number of benzene rings is 1. The monoisotopic (exact) mass is 272 g/mol. The molecule has 0 aliphatic heterocycles. The topological polar surface area (TPSA) is 34.1 Å². The molecule has 4 heteroatoms. The fraction of sp³-hybridized carbons (Fsp3) is 0.312. The molecule has 0 amide bonds. The summed E-state index contributed by atoms with van der Waals surface area (Å²) >= 11 is 0. The van der Waals surface area contributed by atoms with Crippen molar-refractivity contribution in [3.8, 4) is 5.75 Å². The summed E-state index contributed by atoms with van der Waals surface area (Å²) in [6.07, 6.45) is 5.86. The molecular formula is C16H17FN2O. The van der Waals surface area contributed by atoms with Gasteiger partial charge in [-0.3, -0.25) is 4.98 Å². The molecule has 1 saturated carbocycles. The summed E-state index contributed by atoms with van der Waals surface area (Å²) in [5.41, 5.74) is 1.92. The van der Waals surface area contributed by atoms with Gasteiger partial charge in [0.25, 0.3) is 0 Å². The Morgan fingerprint density at radius 2 is 1.95 bits per heavy atom. The van der Waals surface area contributed by atoms with E-state index in [0.717, 1.165) is 11.1 Å². The Bertz CT molecular complexity index is 570. The molecule has 0 spiro atoms. The summed E-state index contributed by atoms with van der Waals surface area (Å²) in [6.45, 7) is 1.06. The zero-order valence-corrected chi connectivity index (χ0v) is 11.2. The van der Waals surface area contributed by atoms with Gasteiger partial charge in [-0.1, -0.05) is 6.07 Å². The second kappa shape index (κ2) is 6.01. The van der Waals surface area contributed by atoms with Gasteiger partial charge in [0.2, 0.25) is 0 Å². The first-order valence-electron chi connectivity index (χ1n) is 6.85. The highest BCUT2D eigenvalue weighted by Crippen LogP contribution is 2.22. The predicted molar refractivity (Wildman–Crippen MR) is 74.8 cm³/mol. The third-order valence-corrected chi connectivity index (χ3v) is 3.31. The van der Waals surface area contributed by atoms with Crippen molar-refractivity contribution >= 4 is 0 Å². The molecule has 1 aliphatic carbocycles. The smallest absolute Gasteiger partial charge is 0.165 e. The number of aromatic nitrogens is 1. The SMILES string of the molecule is Fc1cc(CNC2CC2)ccc1OCc1ccncc1. The predicted octanol–water partition coefficient (Wildman–Crippen LogP) is 3.05. The van der Waals surface area contributed by atoms with E-state index < -0.39 is 0 Å². The molecule has 104 valence electrons. The number of nitrogens with one attached hydrogen (secondary N) is 1. The second-order valence-corrected chi connectivity index (χ2v) is 5.06. The van der Waals surface area contributed by atoms with E-state index in [2.05, 4.69) is 10.3 Å². The highest BCUT2D eigenvalue weighted by atomic mass is 19.1. The molecule has 1 N–H and O–H groups in total. The molecule has 1 aromatic heterocycles. The van der Waals surface area contributed by atoms with Crippen molar-refractivity contribution in [1.29, 1.82) is 0 Å². The van der Waals surface area contributed by atoms with Crippen LogP contribution in [0.2, 0.25) is 0 Å². The fourth-order valence-electron chi connectivity index (χ4n) is 1.96. The van der Waals surface area contributed by atoms with Crippen LogP contribution in [-0.4, -0.2) is 11.0 Å². The van der Waals surface area contributed by atoms with Gasteiger partial charge in [0.15, 0.2) is 11.6 Å². The Hall–Kier alpha value is -1.94. The Morgan fingerprint density at radius 1 is 1.15 bits per heavy atom. The van der Waals surface area contributed by atoms with Crippen molar-refractivity contribution in [2.75, 3.05) is 0 Å². The summed E-state index contributed by atoms with van der Waals surface area (Å²) in [5.74, 6) is -0.0221. The lowest BCUT2D eigenvalue weighted by atomic mass is 10.2. The molecule has 0 radical (unpaired) electrons. The fourth-order valence-corrected chi connectivity index (χ4v) is 1.96. The summed E-state index contributed by atoms with van der Waals surface area (Å²) in [7, 11) is 0. The quantitative estimate of drug-likeness (QED) is 0.877. The van der Waals surface area contributed by atoms with Crippen LogP contribution in [0.15, 0.2) is 42.7 Å². The van der Waals surface area contributed by atoms with Crippen LogP contribution in [0.4, 0.5) is 4.39 Å². The normalized spacial score (nSPS) is 14.2. The molecule has 1 heterocycles. The lowest BCUT2D eigenvalue weighted by Gasteiger charge is -2.09. The van der Waals surface area contributed by atoms with Gasteiger partial charge < -0.3 is 10.1 Å².